The van der Waals surface area contributed by atoms with Gasteiger partial charge in [-0.05, 0) is 37.5 Å². The molecular formula is C18H25F4N3O2. The minimum absolute atomic E-state index is 0.0781. The molecule has 1 aromatic carbocycles. The number of nitrogens with zero attached hydrogens (tertiary/aromatic N) is 1. The fraction of sp³-hybridized carbons (Fsp3) is 0.611. The van der Waals surface area contributed by atoms with Crippen molar-refractivity contribution in [2.24, 2.45) is 4.99 Å². The summed E-state index contributed by atoms with van der Waals surface area (Å²) in [6.07, 6.45) is -2.85. The molecule has 1 aliphatic rings. The van der Waals surface area contributed by atoms with Gasteiger partial charge in [0.15, 0.2) is 5.96 Å². The van der Waals surface area contributed by atoms with Crippen LogP contribution in [0, 0.1) is 5.82 Å². The lowest BCUT2D eigenvalue weighted by Crippen LogP contribution is -2.38. The van der Waals surface area contributed by atoms with Crippen LogP contribution in [0.5, 0.6) is 0 Å². The second-order valence-electron chi connectivity index (χ2n) is 6.13. The topological polar surface area (TPSA) is 54.9 Å². The van der Waals surface area contributed by atoms with Crippen LogP contribution in [0.2, 0.25) is 0 Å². The number of ether oxygens (including phenoxy) is 2. The monoisotopic (exact) mass is 391 g/mol. The molecule has 1 atom stereocenters. The molecule has 0 aromatic heterocycles. The largest absolute Gasteiger partial charge is 0.416 e. The zero-order chi connectivity index (χ0) is 19.7. The molecule has 27 heavy (non-hydrogen) atoms. The first-order valence-corrected chi connectivity index (χ1v) is 8.97. The van der Waals surface area contributed by atoms with Crippen LogP contribution in [0.3, 0.4) is 0 Å². The summed E-state index contributed by atoms with van der Waals surface area (Å²) in [6.45, 7) is 4.70. The van der Waals surface area contributed by atoms with E-state index < -0.39 is 17.6 Å². The number of nitrogens with one attached hydrogen (secondary N) is 2. The van der Waals surface area contributed by atoms with Crippen LogP contribution in [0.1, 0.15) is 30.9 Å². The summed E-state index contributed by atoms with van der Waals surface area (Å²) in [6, 6.07) is 2.61. The Morgan fingerprint density at radius 1 is 1.33 bits per heavy atom. The lowest BCUT2D eigenvalue weighted by atomic mass is 10.1. The maximum atomic E-state index is 13.2. The van der Waals surface area contributed by atoms with Crippen molar-refractivity contribution in [1.29, 1.82) is 0 Å². The Morgan fingerprint density at radius 3 is 2.81 bits per heavy atom. The summed E-state index contributed by atoms with van der Waals surface area (Å²) < 4.78 is 63.2. The Morgan fingerprint density at radius 2 is 2.15 bits per heavy atom. The highest BCUT2D eigenvalue weighted by atomic mass is 19.4. The van der Waals surface area contributed by atoms with Gasteiger partial charge in [-0.2, -0.15) is 13.2 Å². The molecule has 2 rings (SSSR count). The van der Waals surface area contributed by atoms with Crippen LogP contribution in [-0.2, 0) is 22.2 Å². The van der Waals surface area contributed by atoms with Crippen LogP contribution in [0.4, 0.5) is 17.6 Å². The normalized spacial score (nSPS) is 18.0. The van der Waals surface area contributed by atoms with Crippen molar-refractivity contribution in [1.82, 2.24) is 10.6 Å². The summed E-state index contributed by atoms with van der Waals surface area (Å²) in [7, 11) is 0. The molecule has 1 heterocycles. The van der Waals surface area contributed by atoms with Gasteiger partial charge < -0.3 is 20.1 Å². The predicted molar refractivity (Wildman–Crippen MR) is 94.0 cm³/mol. The molecule has 0 radical (unpaired) electrons. The van der Waals surface area contributed by atoms with Gasteiger partial charge in [-0.15, -0.1) is 0 Å². The molecule has 1 fully saturated rings. The molecule has 0 aliphatic carbocycles. The highest BCUT2D eigenvalue weighted by Crippen LogP contribution is 2.32. The van der Waals surface area contributed by atoms with Crippen molar-refractivity contribution in [3.8, 4) is 0 Å². The Bertz CT molecular complexity index is 617. The quantitative estimate of drug-likeness (QED) is 0.310. The molecule has 1 aliphatic heterocycles. The Hall–Kier alpha value is -1.87. The first-order valence-electron chi connectivity index (χ1n) is 8.97. The van der Waals surface area contributed by atoms with E-state index in [2.05, 4.69) is 15.6 Å². The molecule has 1 saturated heterocycles. The molecule has 0 spiro atoms. The zero-order valence-corrected chi connectivity index (χ0v) is 15.2. The van der Waals surface area contributed by atoms with Gasteiger partial charge in [0, 0.05) is 26.3 Å². The van der Waals surface area contributed by atoms with Gasteiger partial charge in [0.25, 0.3) is 0 Å². The molecule has 9 heteroatoms. The summed E-state index contributed by atoms with van der Waals surface area (Å²) in [5.74, 6) is -0.521. The van der Waals surface area contributed by atoms with E-state index in [1.165, 1.54) is 0 Å². The number of guanidine groups is 1. The summed E-state index contributed by atoms with van der Waals surface area (Å²) >= 11 is 0. The van der Waals surface area contributed by atoms with E-state index >= 15 is 0 Å². The minimum atomic E-state index is -4.62. The van der Waals surface area contributed by atoms with Crippen molar-refractivity contribution >= 4 is 5.96 Å². The zero-order valence-electron chi connectivity index (χ0n) is 15.2. The van der Waals surface area contributed by atoms with Crippen molar-refractivity contribution < 1.29 is 27.0 Å². The average molecular weight is 391 g/mol. The Balaban J connectivity index is 1.87. The van der Waals surface area contributed by atoms with E-state index in [0.29, 0.717) is 38.3 Å². The van der Waals surface area contributed by atoms with Crippen molar-refractivity contribution in [2.75, 3.05) is 32.9 Å². The molecule has 0 bridgehead atoms. The van der Waals surface area contributed by atoms with Gasteiger partial charge >= 0.3 is 6.18 Å². The average Bonchev–Trinajstić information content (AvgIpc) is 3.12. The Kier molecular flexibility index (Phi) is 8.30. The summed E-state index contributed by atoms with van der Waals surface area (Å²) in [5.41, 5.74) is -1.08. The first kappa shape index (κ1) is 21.4. The fourth-order valence-electron chi connectivity index (χ4n) is 2.63. The van der Waals surface area contributed by atoms with Crippen molar-refractivity contribution in [3.63, 3.8) is 0 Å². The highest BCUT2D eigenvalue weighted by molar-refractivity contribution is 5.79. The van der Waals surface area contributed by atoms with Crippen LogP contribution in [0.15, 0.2) is 23.2 Å². The third-order valence-corrected chi connectivity index (χ3v) is 3.98. The van der Waals surface area contributed by atoms with Crippen molar-refractivity contribution in [3.05, 3.63) is 35.1 Å². The Labute approximate surface area is 156 Å². The summed E-state index contributed by atoms with van der Waals surface area (Å²) in [4.78, 5) is 4.17. The van der Waals surface area contributed by atoms with E-state index in [1.54, 1.807) is 0 Å². The first-order chi connectivity index (χ1) is 12.9. The fourth-order valence-corrected chi connectivity index (χ4v) is 2.63. The molecule has 1 unspecified atom stereocenters. The molecule has 1 aromatic rings. The SMILES string of the molecule is CCNC(=NCc1ccc(F)cc1C(F)(F)F)NCCCOC1CCOC1. The number of benzene rings is 1. The van der Waals surface area contributed by atoms with Gasteiger partial charge in [0.2, 0.25) is 0 Å². The molecule has 152 valence electrons. The predicted octanol–water partition coefficient (Wildman–Crippen LogP) is 3.10. The van der Waals surface area contributed by atoms with E-state index in [9.17, 15) is 17.6 Å². The van der Waals surface area contributed by atoms with Crippen LogP contribution < -0.4 is 10.6 Å². The molecule has 0 amide bonds. The number of halogens is 4. The number of hydrogen-bond acceptors (Lipinski definition) is 3. The summed E-state index contributed by atoms with van der Waals surface area (Å²) in [5, 5.41) is 6.04. The van der Waals surface area contributed by atoms with Gasteiger partial charge in [-0.1, -0.05) is 6.07 Å². The van der Waals surface area contributed by atoms with Gasteiger partial charge in [-0.25, -0.2) is 9.38 Å². The minimum Gasteiger partial charge on any atom is -0.379 e. The number of rotatable bonds is 8. The van der Waals surface area contributed by atoms with E-state index in [1.807, 2.05) is 6.92 Å². The van der Waals surface area contributed by atoms with Gasteiger partial charge in [0.1, 0.15) is 5.82 Å². The van der Waals surface area contributed by atoms with E-state index in [0.717, 1.165) is 31.6 Å². The van der Waals surface area contributed by atoms with Gasteiger partial charge in [-0.3, -0.25) is 0 Å². The number of hydrogen-bond donors (Lipinski definition) is 2. The molecule has 0 saturated carbocycles. The van der Waals surface area contributed by atoms with Gasteiger partial charge in [0.05, 0.1) is 24.8 Å². The van der Waals surface area contributed by atoms with Crippen LogP contribution >= 0.6 is 0 Å². The van der Waals surface area contributed by atoms with Crippen LogP contribution in [0.25, 0.3) is 0 Å². The third-order valence-electron chi connectivity index (χ3n) is 3.98. The molecular weight excluding hydrogens is 366 g/mol. The molecule has 2 N–H and O–H groups in total. The van der Waals surface area contributed by atoms with E-state index in [-0.39, 0.29) is 18.2 Å². The maximum Gasteiger partial charge on any atom is 0.416 e. The lowest BCUT2D eigenvalue weighted by molar-refractivity contribution is -0.138. The standard InChI is InChI=1S/C18H25F4N3O2/c1-2-23-17(24-7-3-8-27-15-6-9-26-12-15)25-11-13-4-5-14(19)10-16(13)18(20,21)22/h4-5,10,15H,2-3,6-9,11-12H2,1H3,(H2,23,24,25). The molecule has 5 nitrogen and oxygen atoms in total. The third kappa shape index (κ3) is 7.34. The van der Waals surface area contributed by atoms with Crippen molar-refractivity contribution in [2.45, 2.75) is 38.6 Å². The highest BCUT2D eigenvalue weighted by Gasteiger charge is 2.33. The number of alkyl halides is 3. The second kappa shape index (κ2) is 10.5. The van der Waals surface area contributed by atoms with Crippen LogP contribution in [-0.4, -0.2) is 45.0 Å². The van der Waals surface area contributed by atoms with E-state index in [4.69, 9.17) is 9.47 Å². The maximum absolute atomic E-state index is 13.2. The smallest absolute Gasteiger partial charge is 0.379 e. The number of aliphatic imine (C=N–C) groups is 1. The lowest BCUT2D eigenvalue weighted by Gasteiger charge is -2.14. The second-order valence-corrected chi connectivity index (χ2v) is 6.13.